The SMILES string of the molecule is CC(CC1CC1)n1cc[nH]c1=O. The first-order chi connectivity index (χ1) is 5.77. The van der Waals surface area contributed by atoms with Crippen molar-refractivity contribution in [2.75, 3.05) is 0 Å². The van der Waals surface area contributed by atoms with Gasteiger partial charge in [0.1, 0.15) is 0 Å². The molecule has 1 fully saturated rings. The first-order valence-electron chi connectivity index (χ1n) is 4.53. The van der Waals surface area contributed by atoms with Gasteiger partial charge in [0.05, 0.1) is 0 Å². The lowest BCUT2D eigenvalue weighted by atomic mass is 10.1. The van der Waals surface area contributed by atoms with Gasteiger partial charge in [-0.2, -0.15) is 0 Å². The molecule has 1 aliphatic carbocycles. The summed E-state index contributed by atoms with van der Waals surface area (Å²) in [4.78, 5) is 13.8. The number of aromatic nitrogens is 2. The Hall–Kier alpha value is -0.990. The second-order valence-electron chi connectivity index (χ2n) is 3.70. The minimum Gasteiger partial charge on any atom is -0.313 e. The standard InChI is InChI=1S/C9H14N2O/c1-7(6-8-2-3-8)11-5-4-10-9(11)12/h4-5,7-8H,2-3,6H2,1H3,(H,10,12). The van der Waals surface area contributed by atoms with Crippen molar-refractivity contribution in [1.29, 1.82) is 0 Å². The summed E-state index contributed by atoms with van der Waals surface area (Å²) in [7, 11) is 0. The van der Waals surface area contributed by atoms with Crippen molar-refractivity contribution in [3.63, 3.8) is 0 Å². The van der Waals surface area contributed by atoms with Crippen LogP contribution >= 0.6 is 0 Å². The third kappa shape index (κ3) is 1.44. The van der Waals surface area contributed by atoms with Gasteiger partial charge in [0.25, 0.3) is 0 Å². The van der Waals surface area contributed by atoms with Gasteiger partial charge in [0.2, 0.25) is 0 Å². The van der Waals surface area contributed by atoms with E-state index in [1.54, 1.807) is 10.8 Å². The van der Waals surface area contributed by atoms with Gasteiger partial charge in [-0.3, -0.25) is 4.57 Å². The molecule has 3 nitrogen and oxygen atoms in total. The summed E-state index contributed by atoms with van der Waals surface area (Å²) in [6, 6.07) is 0.358. The van der Waals surface area contributed by atoms with Crippen LogP contribution in [0, 0.1) is 5.92 Å². The molecule has 1 heterocycles. The van der Waals surface area contributed by atoms with Crippen LogP contribution in [-0.4, -0.2) is 9.55 Å². The van der Waals surface area contributed by atoms with Gasteiger partial charge in [-0.15, -0.1) is 0 Å². The molecule has 66 valence electrons. The van der Waals surface area contributed by atoms with Crippen LogP contribution in [0.15, 0.2) is 17.2 Å². The van der Waals surface area contributed by atoms with Gasteiger partial charge >= 0.3 is 5.69 Å². The third-order valence-corrected chi connectivity index (χ3v) is 2.52. The van der Waals surface area contributed by atoms with E-state index >= 15 is 0 Å². The number of imidazole rings is 1. The van der Waals surface area contributed by atoms with E-state index in [0.29, 0.717) is 6.04 Å². The molecular formula is C9H14N2O. The third-order valence-electron chi connectivity index (χ3n) is 2.52. The summed E-state index contributed by atoms with van der Waals surface area (Å²) < 4.78 is 1.78. The molecule has 1 saturated carbocycles. The molecule has 1 aromatic rings. The molecular weight excluding hydrogens is 152 g/mol. The van der Waals surface area contributed by atoms with Crippen molar-refractivity contribution in [1.82, 2.24) is 9.55 Å². The van der Waals surface area contributed by atoms with Crippen LogP contribution in [0.4, 0.5) is 0 Å². The van der Waals surface area contributed by atoms with Gasteiger partial charge in [-0.05, 0) is 19.3 Å². The van der Waals surface area contributed by atoms with Crippen LogP contribution in [0.5, 0.6) is 0 Å². The second-order valence-corrected chi connectivity index (χ2v) is 3.70. The van der Waals surface area contributed by atoms with Crippen molar-refractivity contribution in [3.8, 4) is 0 Å². The number of nitrogens with one attached hydrogen (secondary N) is 1. The van der Waals surface area contributed by atoms with E-state index in [4.69, 9.17) is 0 Å². The number of hydrogen-bond acceptors (Lipinski definition) is 1. The molecule has 1 N–H and O–H groups in total. The molecule has 0 bridgehead atoms. The van der Waals surface area contributed by atoms with Crippen LogP contribution in [-0.2, 0) is 0 Å². The highest BCUT2D eigenvalue weighted by Crippen LogP contribution is 2.36. The molecule has 1 aromatic heterocycles. The highest BCUT2D eigenvalue weighted by Gasteiger charge is 2.24. The van der Waals surface area contributed by atoms with Crippen LogP contribution < -0.4 is 5.69 Å². The summed E-state index contributed by atoms with van der Waals surface area (Å²) >= 11 is 0. The maximum atomic E-state index is 11.2. The van der Waals surface area contributed by atoms with Gasteiger partial charge in [0, 0.05) is 18.4 Å². The molecule has 12 heavy (non-hydrogen) atoms. The Bertz CT molecular complexity index is 308. The molecule has 0 radical (unpaired) electrons. The van der Waals surface area contributed by atoms with E-state index in [0.717, 1.165) is 12.3 Å². The van der Waals surface area contributed by atoms with Crippen molar-refractivity contribution in [3.05, 3.63) is 22.9 Å². The van der Waals surface area contributed by atoms with E-state index in [-0.39, 0.29) is 5.69 Å². The summed E-state index contributed by atoms with van der Waals surface area (Å²) in [6.45, 7) is 2.10. The zero-order valence-electron chi connectivity index (χ0n) is 7.29. The quantitative estimate of drug-likeness (QED) is 0.726. The van der Waals surface area contributed by atoms with E-state index in [1.807, 2.05) is 6.20 Å². The highest BCUT2D eigenvalue weighted by atomic mass is 16.1. The highest BCUT2D eigenvalue weighted by molar-refractivity contribution is 4.83. The minimum atomic E-state index is 0.0168. The van der Waals surface area contributed by atoms with Crippen molar-refractivity contribution in [2.45, 2.75) is 32.2 Å². The summed E-state index contributed by atoms with van der Waals surface area (Å²) in [5.41, 5.74) is 0.0168. The van der Waals surface area contributed by atoms with Crippen molar-refractivity contribution < 1.29 is 0 Å². The molecule has 1 unspecified atom stereocenters. The van der Waals surface area contributed by atoms with Gasteiger partial charge in [-0.1, -0.05) is 12.8 Å². The molecule has 0 amide bonds. The van der Waals surface area contributed by atoms with E-state index in [1.165, 1.54) is 12.8 Å². The van der Waals surface area contributed by atoms with E-state index < -0.39 is 0 Å². The first-order valence-corrected chi connectivity index (χ1v) is 4.53. The van der Waals surface area contributed by atoms with Crippen LogP contribution in [0.25, 0.3) is 0 Å². The molecule has 1 aliphatic rings. The number of nitrogens with zero attached hydrogens (tertiary/aromatic N) is 1. The lowest BCUT2D eigenvalue weighted by Crippen LogP contribution is -2.20. The Labute approximate surface area is 71.4 Å². The Morgan fingerprint density at radius 2 is 2.50 bits per heavy atom. The molecule has 0 saturated heterocycles. The van der Waals surface area contributed by atoms with Crippen LogP contribution in [0.1, 0.15) is 32.2 Å². The fourth-order valence-corrected chi connectivity index (χ4v) is 1.63. The fraction of sp³-hybridized carbons (Fsp3) is 0.667. The predicted molar refractivity (Wildman–Crippen MR) is 47.1 cm³/mol. The molecule has 0 aromatic carbocycles. The molecule has 2 rings (SSSR count). The molecule has 1 atom stereocenters. The van der Waals surface area contributed by atoms with Crippen LogP contribution in [0.2, 0.25) is 0 Å². The van der Waals surface area contributed by atoms with Crippen molar-refractivity contribution >= 4 is 0 Å². The molecule has 0 aliphatic heterocycles. The normalized spacial score (nSPS) is 19.4. The first kappa shape index (κ1) is 7.65. The van der Waals surface area contributed by atoms with E-state index in [9.17, 15) is 4.79 Å². The van der Waals surface area contributed by atoms with Crippen molar-refractivity contribution in [2.24, 2.45) is 5.92 Å². The molecule has 0 spiro atoms. The minimum absolute atomic E-state index is 0.0168. The van der Waals surface area contributed by atoms with E-state index in [2.05, 4.69) is 11.9 Å². The summed E-state index contributed by atoms with van der Waals surface area (Å²) in [5, 5.41) is 0. The van der Waals surface area contributed by atoms with Gasteiger partial charge < -0.3 is 4.98 Å². The number of H-pyrrole nitrogens is 1. The Kier molecular flexibility index (Phi) is 1.79. The fourth-order valence-electron chi connectivity index (χ4n) is 1.63. The largest absolute Gasteiger partial charge is 0.325 e. The monoisotopic (exact) mass is 166 g/mol. The maximum absolute atomic E-state index is 11.2. The van der Waals surface area contributed by atoms with Crippen LogP contribution in [0.3, 0.4) is 0 Å². The van der Waals surface area contributed by atoms with Gasteiger partial charge in [0.15, 0.2) is 0 Å². The Morgan fingerprint density at radius 1 is 1.75 bits per heavy atom. The average molecular weight is 166 g/mol. The number of hydrogen-bond donors (Lipinski definition) is 1. The predicted octanol–water partition coefficient (Wildman–Crippen LogP) is 1.54. The summed E-state index contributed by atoms with van der Waals surface area (Å²) in [5.74, 6) is 0.877. The van der Waals surface area contributed by atoms with Gasteiger partial charge in [-0.25, -0.2) is 4.79 Å². The topological polar surface area (TPSA) is 37.8 Å². The maximum Gasteiger partial charge on any atom is 0.325 e. The number of rotatable bonds is 3. The lowest BCUT2D eigenvalue weighted by Gasteiger charge is -2.10. The second kappa shape index (κ2) is 2.81. The zero-order valence-corrected chi connectivity index (χ0v) is 7.29. The molecule has 3 heteroatoms. The summed E-state index contributed by atoms with van der Waals surface area (Å²) in [6.07, 6.45) is 7.38. The Balaban J connectivity index is 2.07. The zero-order chi connectivity index (χ0) is 8.55. The average Bonchev–Trinajstić information content (AvgIpc) is 2.72. The lowest BCUT2D eigenvalue weighted by molar-refractivity contribution is 0.466. The smallest absolute Gasteiger partial charge is 0.313 e. The Morgan fingerprint density at radius 3 is 3.00 bits per heavy atom. The number of aromatic amines is 1.